The van der Waals surface area contributed by atoms with Gasteiger partial charge in [-0.1, -0.05) is 5.16 Å². The molecule has 152 valence electrons. The van der Waals surface area contributed by atoms with E-state index >= 15 is 0 Å². The predicted octanol–water partition coefficient (Wildman–Crippen LogP) is 4.08. The summed E-state index contributed by atoms with van der Waals surface area (Å²) in [5.74, 6) is 1.26. The van der Waals surface area contributed by atoms with Gasteiger partial charge in [0.2, 0.25) is 17.6 Å². The first-order valence-corrected chi connectivity index (χ1v) is 9.66. The van der Waals surface area contributed by atoms with Crippen molar-refractivity contribution in [3.05, 3.63) is 53.9 Å². The Morgan fingerprint density at radius 2 is 1.86 bits per heavy atom. The molecule has 0 bridgehead atoms. The summed E-state index contributed by atoms with van der Waals surface area (Å²) in [6.45, 7) is 8.11. The van der Waals surface area contributed by atoms with Crippen LogP contribution in [0, 0.1) is 6.92 Å². The molecule has 0 atom stereocenters. The zero-order chi connectivity index (χ0) is 20.8. The molecule has 7 nitrogen and oxygen atoms in total. The number of hydrogen-bond acceptors (Lipinski definition) is 6. The molecule has 7 heteroatoms. The average molecular weight is 394 g/mol. The lowest BCUT2D eigenvalue weighted by Crippen LogP contribution is -2.22. The zero-order valence-electron chi connectivity index (χ0n) is 17.2. The molecular formula is C22H26N4O3. The summed E-state index contributed by atoms with van der Waals surface area (Å²) in [7, 11) is 1.61. The van der Waals surface area contributed by atoms with Gasteiger partial charge in [-0.05, 0) is 68.8 Å². The topological polar surface area (TPSA) is 80.5 Å². The molecule has 2 aromatic carbocycles. The largest absolute Gasteiger partial charge is 0.497 e. The van der Waals surface area contributed by atoms with Crippen LogP contribution in [0.15, 0.2) is 47.0 Å². The van der Waals surface area contributed by atoms with Crippen LogP contribution in [-0.2, 0) is 11.2 Å². The number of aryl methyl sites for hydroxylation is 1. The number of ether oxygens (including phenoxy) is 1. The van der Waals surface area contributed by atoms with Gasteiger partial charge < -0.3 is 19.5 Å². The summed E-state index contributed by atoms with van der Waals surface area (Å²) in [5.41, 5.74) is 3.73. The normalized spacial score (nSPS) is 10.6. The van der Waals surface area contributed by atoms with E-state index in [1.54, 1.807) is 7.11 Å². The quantitative estimate of drug-likeness (QED) is 0.620. The number of carbonyl (C=O) groups is 1. The molecule has 1 amide bonds. The highest BCUT2D eigenvalue weighted by Crippen LogP contribution is 2.23. The second-order valence-electron chi connectivity index (χ2n) is 6.64. The van der Waals surface area contributed by atoms with Gasteiger partial charge in [-0.15, -0.1) is 0 Å². The van der Waals surface area contributed by atoms with Crippen molar-refractivity contribution in [2.75, 3.05) is 30.4 Å². The number of carbonyl (C=O) groups excluding carboxylic acids is 1. The van der Waals surface area contributed by atoms with Crippen LogP contribution in [0.3, 0.4) is 0 Å². The van der Waals surface area contributed by atoms with E-state index in [1.165, 1.54) is 0 Å². The van der Waals surface area contributed by atoms with Gasteiger partial charge in [0.15, 0.2) is 0 Å². The van der Waals surface area contributed by atoms with Crippen LogP contribution in [-0.4, -0.2) is 36.2 Å². The van der Waals surface area contributed by atoms with Crippen LogP contribution in [0.1, 0.15) is 25.3 Å². The lowest BCUT2D eigenvalue weighted by Gasteiger charge is -2.22. The van der Waals surface area contributed by atoms with E-state index in [9.17, 15) is 4.79 Å². The summed E-state index contributed by atoms with van der Waals surface area (Å²) >= 11 is 0. The summed E-state index contributed by atoms with van der Waals surface area (Å²) in [5, 5.41) is 6.88. The van der Waals surface area contributed by atoms with Crippen molar-refractivity contribution in [3.8, 4) is 17.1 Å². The standard InChI is InChI=1S/C22H26N4O3/c1-5-26(6-2)17-9-12-19(15(3)13-17)23-20(27)14-21-24-22(25-29-21)16-7-10-18(28-4)11-8-16/h7-13H,5-6,14H2,1-4H3,(H,23,27). The van der Waals surface area contributed by atoms with Crippen molar-refractivity contribution in [1.82, 2.24) is 10.1 Å². The fourth-order valence-corrected chi connectivity index (χ4v) is 3.09. The van der Waals surface area contributed by atoms with Crippen LogP contribution >= 0.6 is 0 Å². The lowest BCUT2D eigenvalue weighted by molar-refractivity contribution is -0.115. The number of benzene rings is 2. The fourth-order valence-electron chi connectivity index (χ4n) is 3.09. The molecule has 0 aliphatic rings. The Labute approximate surface area is 170 Å². The van der Waals surface area contributed by atoms with E-state index in [0.29, 0.717) is 5.82 Å². The summed E-state index contributed by atoms with van der Waals surface area (Å²) in [6.07, 6.45) is 0.0143. The number of rotatable bonds is 8. The van der Waals surface area contributed by atoms with Gasteiger partial charge in [-0.25, -0.2) is 0 Å². The monoisotopic (exact) mass is 394 g/mol. The highest BCUT2D eigenvalue weighted by molar-refractivity contribution is 5.92. The molecule has 0 saturated carbocycles. The minimum atomic E-state index is -0.200. The van der Waals surface area contributed by atoms with Crippen LogP contribution in [0.25, 0.3) is 11.4 Å². The molecule has 3 rings (SSSR count). The number of nitrogens with one attached hydrogen (secondary N) is 1. The number of nitrogens with zero attached hydrogens (tertiary/aromatic N) is 3. The van der Waals surface area contributed by atoms with Crippen molar-refractivity contribution < 1.29 is 14.1 Å². The van der Waals surface area contributed by atoms with E-state index in [2.05, 4.69) is 40.3 Å². The van der Waals surface area contributed by atoms with Crippen molar-refractivity contribution in [2.24, 2.45) is 0 Å². The molecule has 1 aromatic heterocycles. The van der Waals surface area contributed by atoms with Gasteiger partial charge >= 0.3 is 0 Å². The maximum absolute atomic E-state index is 12.4. The molecule has 0 aliphatic heterocycles. The Hall–Kier alpha value is -3.35. The number of aromatic nitrogens is 2. The SMILES string of the molecule is CCN(CC)c1ccc(NC(=O)Cc2nc(-c3ccc(OC)cc3)no2)c(C)c1. The van der Waals surface area contributed by atoms with Gasteiger partial charge in [0.05, 0.1) is 7.11 Å². The molecule has 3 aromatic rings. The van der Waals surface area contributed by atoms with Gasteiger partial charge in [-0.2, -0.15) is 4.98 Å². The van der Waals surface area contributed by atoms with E-state index < -0.39 is 0 Å². The maximum Gasteiger partial charge on any atom is 0.236 e. The highest BCUT2D eigenvalue weighted by Gasteiger charge is 2.14. The van der Waals surface area contributed by atoms with Crippen LogP contribution in [0.2, 0.25) is 0 Å². The summed E-state index contributed by atoms with van der Waals surface area (Å²) in [4.78, 5) is 19.0. The molecule has 0 radical (unpaired) electrons. The third-order valence-corrected chi connectivity index (χ3v) is 4.74. The van der Waals surface area contributed by atoms with Crippen molar-refractivity contribution in [2.45, 2.75) is 27.2 Å². The summed E-state index contributed by atoms with van der Waals surface area (Å²) < 4.78 is 10.4. The third-order valence-electron chi connectivity index (χ3n) is 4.74. The number of hydrogen-bond donors (Lipinski definition) is 1. The molecule has 0 saturated heterocycles. The first kappa shape index (κ1) is 20.4. The first-order chi connectivity index (χ1) is 14.0. The van der Waals surface area contributed by atoms with Gasteiger partial charge in [0.25, 0.3) is 0 Å². The second-order valence-corrected chi connectivity index (χ2v) is 6.64. The molecule has 29 heavy (non-hydrogen) atoms. The lowest BCUT2D eigenvalue weighted by atomic mass is 10.1. The van der Waals surface area contributed by atoms with E-state index in [-0.39, 0.29) is 18.2 Å². The molecule has 1 N–H and O–H groups in total. The number of amides is 1. The molecule has 0 fully saturated rings. The number of methoxy groups -OCH3 is 1. The van der Waals surface area contributed by atoms with E-state index in [1.807, 2.05) is 43.3 Å². The van der Waals surface area contributed by atoms with Crippen molar-refractivity contribution in [1.29, 1.82) is 0 Å². The van der Waals surface area contributed by atoms with Crippen LogP contribution < -0.4 is 15.0 Å². The Kier molecular flexibility index (Phi) is 6.49. The minimum absolute atomic E-state index is 0.0143. The highest BCUT2D eigenvalue weighted by atomic mass is 16.5. The Bertz CT molecular complexity index is 962. The van der Waals surface area contributed by atoms with Crippen LogP contribution in [0.5, 0.6) is 5.75 Å². The number of anilines is 2. The van der Waals surface area contributed by atoms with E-state index in [4.69, 9.17) is 9.26 Å². The molecule has 1 heterocycles. The average Bonchev–Trinajstić information content (AvgIpc) is 3.19. The molecular weight excluding hydrogens is 368 g/mol. The maximum atomic E-state index is 12.4. The van der Waals surface area contributed by atoms with Crippen molar-refractivity contribution in [3.63, 3.8) is 0 Å². The van der Waals surface area contributed by atoms with Crippen molar-refractivity contribution >= 4 is 17.3 Å². The molecule has 0 unspecified atom stereocenters. The van der Waals surface area contributed by atoms with Crippen LogP contribution in [0.4, 0.5) is 11.4 Å². The minimum Gasteiger partial charge on any atom is -0.497 e. The van der Waals surface area contributed by atoms with Gasteiger partial charge in [-0.3, -0.25) is 4.79 Å². The first-order valence-electron chi connectivity index (χ1n) is 9.66. The second kappa shape index (κ2) is 9.23. The Morgan fingerprint density at radius 3 is 2.48 bits per heavy atom. The van der Waals surface area contributed by atoms with Gasteiger partial charge in [0, 0.05) is 30.0 Å². The van der Waals surface area contributed by atoms with Gasteiger partial charge in [0.1, 0.15) is 12.2 Å². The molecule has 0 aliphatic carbocycles. The third kappa shape index (κ3) is 4.93. The zero-order valence-corrected chi connectivity index (χ0v) is 17.2. The fraction of sp³-hybridized carbons (Fsp3) is 0.318. The molecule has 0 spiro atoms. The predicted molar refractivity (Wildman–Crippen MR) is 113 cm³/mol. The Morgan fingerprint density at radius 1 is 1.14 bits per heavy atom. The Balaban J connectivity index is 1.64. The van der Waals surface area contributed by atoms with E-state index in [0.717, 1.165) is 41.3 Å². The smallest absolute Gasteiger partial charge is 0.236 e. The summed E-state index contributed by atoms with van der Waals surface area (Å²) in [6, 6.07) is 13.4.